The Bertz CT molecular complexity index is 1090. The van der Waals surface area contributed by atoms with Gasteiger partial charge in [-0.3, -0.25) is 4.79 Å². The highest BCUT2D eigenvalue weighted by molar-refractivity contribution is 7.09. The fourth-order valence-electron chi connectivity index (χ4n) is 2.71. The molecule has 0 aliphatic carbocycles. The van der Waals surface area contributed by atoms with E-state index in [0.29, 0.717) is 41.8 Å². The second-order valence-electron chi connectivity index (χ2n) is 6.31. The molecule has 0 fully saturated rings. The zero-order valence-electron chi connectivity index (χ0n) is 15.3. The molecule has 0 aliphatic rings. The maximum atomic E-state index is 12.3. The van der Waals surface area contributed by atoms with E-state index in [1.807, 2.05) is 42.5 Å². The average Bonchev–Trinajstić information content (AvgIpc) is 3.39. The van der Waals surface area contributed by atoms with Gasteiger partial charge in [-0.25, -0.2) is 4.98 Å². The van der Waals surface area contributed by atoms with Crippen molar-refractivity contribution in [1.82, 2.24) is 20.4 Å². The number of amides is 1. The fraction of sp³-hybridized carbons (Fsp3) is 0.143. The number of nitrogens with one attached hydrogen (secondary N) is 1. The minimum absolute atomic E-state index is 0.210. The van der Waals surface area contributed by atoms with Crippen LogP contribution in [0.25, 0.3) is 11.4 Å². The summed E-state index contributed by atoms with van der Waals surface area (Å²) in [5.74, 6) is 0.740. The summed E-state index contributed by atoms with van der Waals surface area (Å²) in [6.07, 6.45) is 1.15. The molecule has 2 aromatic carbocycles. The third kappa shape index (κ3) is 5.07. The van der Waals surface area contributed by atoms with Crippen molar-refractivity contribution in [3.05, 3.63) is 87.2 Å². The molecule has 4 rings (SSSR count). The largest absolute Gasteiger partial charge is 0.350 e. The minimum Gasteiger partial charge on any atom is -0.350 e. The van der Waals surface area contributed by atoms with E-state index in [9.17, 15) is 4.79 Å². The standard InChI is InChI=1S/C21H17ClN4O2S/c22-16-8-6-15(7-9-16)20-25-18(28-26-20)10-11-23-21(27)17-13-29-19(24-17)12-14-4-2-1-3-5-14/h1-9,13H,10-12H2,(H,23,27). The molecule has 1 amide bonds. The molecule has 0 atom stereocenters. The lowest BCUT2D eigenvalue weighted by Crippen LogP contribution is -2.26. The Labute approximate surface area is 176 Å². The van der Waals surface area contributed by atoms with Crippen molar-refractivity contribution < 1.29 is 9.32 Å². The van der Waals surface area contributed by atoms with Crippen molar-refractivity contribution in [2.24, 2.45) is 0 Å². The normalized spacial score (nSPS) is 10.8. The maximum absolute atomic E-state index is 12.3. The summed E-state index contributed by atoms with van der Waals surface area (Å²) in [5.41, 5.74) is 2.41. The quantitative estimate of drug-likeness (QED) is 0.475. The molecule has 146 valence electrons. The van der Waals surface area contributed by atoms with Crippen LogP contribution in [0.4, 0.5) is 0 Å². The molecule has 2 aromatic heterocycles. The van der Waals surface area contributed by atoms with E-state index in [1.54, 1.807) is 17.5 Å². The van der Waals surface area contributed by atoms with Gasteiger partial charge in [-0.15, -0.1) is 11.3 Å². The number of hydrogen-bond acceptors (Lipinski definition) is 6. The third-order valence-electron chi connectivity index (χ3n) is 4.18. The molecule has 2 heterocycles. The van der Waals surface area contributed by atoms with Gasteiger partial charge in [0.1, 0.15) is 5.69 Å². The zero-order chi connectivity index (χ0) is 20.1. The van der Waals surface area contributed by atoms with Gasteiger partial charge in [-0.1, -0.05) is 47.1 Å². The van der Waals surface area contributed by atoms with Crippen LogP contribution < -0.4 is 5.32 Å². The van der Waals surface area contributed by atoms with Gasteiger partial charge in [-0.2, -0.15) is 4.98 Å². The lowest BCUT2D eigenvalue weighted by Gasteiger charge is -2.00. The smallest absolute Gasteiger partial charge is 0.270 e. The van der Waals surface area contributed by atoms with Gasteiger partial charge in [0.15, 0.2) is 0 Å². The van der Waals surface area contributed by atoms with Crippen LogP contribution in [0.2, 0.25) is 5.02 Å². The van der Waals surface area contributed by atoms with Crippen molar-refractivity contribution in [3.63, 3.8) is 0 Å². The summed E-state index contributed by atoms with van der Waals surface area (Å²) in [6.45, 7) is 0.382. The van der Waals surface area contributed by atoms with Crippen LogP contribution in [-0.2, 0) is 12.8 Å². The van der Waals surface area contributed by atoms with E-state index in [-0.39, 0.29) is 5.91 Å². The van der Waals surface area contributed by atoms with Crippen LogP contribution in [0.3, 0.4) is 0 Å². The number of halogens is 1. The Morgan fingerprint density at radius 1 is 1.07 bits per heavy atom. The first-order chi connectivity index (χ1) is 14.2. The molecular formula is C21H17ClN4O2S. The van der Waals surface area contributed by atoms with Gasteiger partial charge < -0.3 is 9.84 Å². The molecule has 0 radical (unpaired) electrons. The number of rotatable bonds is 7. The van der Waals surface area contributed by atoms with Crippen molar-refractivity contribution in [2.45, 2.75) is 12.8 Å². The Balaban J connectivity index is 1.29. The molecule has 4 aromatic rings. The molecule has 6 nitrogen and oxygen atoms in total. The summed E-state index contributed by atoms with van der Waals surface area (Å²) >= 11 is 7.37. The monoisotopic (exact) mass is 424 g/mol. The molecule has 0 saturated carbocycles. The molecule has 0 bridgehead atoms. The van der Waals surface area contributed by atoms with E-state index < -0.39 is 0 Å². The topological polar surface area (TPSA) is 80.9 Å². The van der Waals surface area contributed by atoms with Gasteiger partial charge in [0.05, 0.1) is 5.01 Å². The molecule has 0 aliphatic heterocycles. The predicted octanol–water partition coefficient (Wildman–Crippen LogP) is 4.41. The van der Waals surface area contributed by atoms with Gasteiger partial charge in [0, 0.05) is 35.4 Å². The van der Waals surface area contributed by atoms with Crippen LogP contribution in [0.1, 0.15) is 27.0 Å². The summed E-state index contributed by atoms with van der Waals surface area (Å²) < 4.78 is 5.25. The van der Waals surface area contributed by atoms with Crippen LogP contribution in [0.5, 0.6) is 0 Å². The Morgan fingerprint density at radius 3 is 2.66 bits per heavy atom. The number of hydrogen-bond donors (Lipinski definition) is 1. The summed E-state index contributed by atoms with van der Waals surface area (Å²) in [5, 5.41) is 10.1. The van der Waals surface area contributed by atoms with Crippen molar-refractivity contribution in [3.8, 4) is 11.4 Å². The molecular weight excluding hydrogens is 408 g/mol. The highest BCUT2D eigenvalue weighted by Crippen LogP contribution is 2.19. The second-order valence-corrected chi connectivity index (χ2v) is 7.69. The molecule has 29 heavy (non-hydrogen) atoms. The zero-order valence-corrected chi connectivity index (χ0v) is 16.9. The maximum Gasteiger partial charge on any atom is 0.270 e. The van der Waals surface area contributed by atoms with Gasteiger partial charge in [0.25, 0.3) is 5.91 Å². The number of thiazole rings is 1. The highest BCUT2D eigenvalue weighted by atomic mass is 35.5. The van der Waals surface area contributed by atoms with Crippen LogP contribution in [0.15, 0.2) is 64.5 Å². The van der Waals surface area contributed by atoms with E-state index in [4.69, 9.17) is 16.1 Å². The van der Waals surface area contributed by atoms with Crippen molar-refractivity contribution in [1.29, 1.82) is 0 Å². The van der Waals surface area contributed by atoms with Crippen LogP contribution in [0, 0.1) is 0 Å². The number of nitrogens with zero attached hydrogens (tertiary/aromatic N) is 3. The van der Waals surface area contributed by atoms with Gasteiger partial charge in [0.2, 0.25) is 11.7 Å². The predicted molar refractivity (Wildman–Crippen MR) is 112 cm³/mol. The Morgan fingerprint density at radius 2 is 1.86 bits per heavy atom. The molecule has 0 saturated heterocycles. The first-order valence-corrected chi connectivity index (χ1v) is 10.3. The summed E-state index contributed by atoms with van der Waals surface area (Å²) in [7, 11) is 0. The number of carbonyl (C=O) groups is 1. The molecule has 0 unspecified atom stereocenters. The van der Waals surface area contributed by atoms with E-state index >= 15 is 0 Å². The van der Waals surface area contributed by atoms with E-state index in [2.05, 4.69) is 20.4 Å². The van der Waals surface area contributed by atoms with Gasteiger partial charge >= 0.3 is 0 Å². The average molecular weight is 425 g/mol. The SMILES string of the molecule is O=C(NCCc1nc(-c2ccc(Cl)cc2)no1)c1csc(Cc2ccccc2)n1. The number of carbonyl (C=O) groups excluding carboxylic acids is 1. The molecule has 0 spiro atoms. The lowest BCUT2D eigenvalue weighted by atomic mass is 10.2. The molecule has 8 heteroatoms. The lowest BCUT2D eigenvalue weighted by molar-refractivity contribution is 0.0949. The highest BCUT2D eigenvalue weighted by Gasteiger charge is 2.12. The van der Waals surface area contributed by atoms with Crippen LogP contribution in [-0.4, -0.2) is 27.6 Å². The van der Waals surface area contributed by atoms with E-state index in [0.717, 1.165) is 10.6 Å². The fourth-order valence-corrected chi connectivity index (χ4v) is 3.65. The minimum atomic E-state index is -0.210. The second kappa shape index (κ2) is 8.98. The first-order valence-electron chi connectivity index (χ1n) is 9.02. The Hall–Kier alpha value is -3.03. The van der Waals surface area contributed by atoms with Crippen molar-refractivity contribution in [2.75, 3.05) is 6.54 Å². The number of benzene rings is 2. The summed E-state index contributed by atoms with van der Waals surface area (Å²) in [6, 6.07) is 17.3. The number of aromatic nitrogens is 3. The Kier molecular flexibility index (Phi) is 5.97. The molecule has 1 N–H and O–H groups in total. The summed E-state index contributed by atoms with van der Waals surface area (Å²) in [4.78, 5) is 21.1. The van der Waals surface area contributed by atoms with Crippen LogP contribution >= 0.6 is 22.9 Å². The van der Waals surface area contributed by atoms with Gasteiger partial charge in [-0.05, 0) is 29.8 Å². The first kappa shape index (κ1) is 19.3. The van der Waals surface area contributed by atoms with Crippen molar-refractivity contribution >= 4 is 28.8 Å². The van der Waals surface area contributed by atoms with E-state index in [1.165, 1.54) is 16.9 Å². The third-order valence-corrected chi connectivity index (χ3v) is 5.28.